The SMILES string of the molecule is O=C(NCSCSC/N=C/OOCSCSCOC(=O)NCSCSC/N=C/OOCSCSCO)OCSCSCO. The summed E-state index contributed by atoms with van der Waals surface area (Å²) in [6, 6.07) is 0. The molecule has 0 aromatic heterocycles. The summed E-state index contributed by atoms with van der Waals surface area (Å²) < 4.78 is 10.0. The molecule has 0 aliphatic carbocycles. The largest absolute Gasteiger partial charge is 0.438 e. The molecule has 0 fully saturated rings. The molecule has 0 aliphatic heterocycles. The van der Waals surface area contributed by atoms with Crippen LogP contribution in [0.5, 0.6) is 0 Å². The van der Waals surface area contributed by atoms with E-state index in [4.69, 9.17) is 39.2 Å². The van der Waals surface area contributed by atoms with Crippen LogP contribution in [-0.2, 0) is 29.0 Å². The minimum Gasteiger partial charge on any atom is -0.438 e. The number of carbonyl (C=O) groups excluding carboxylic acids is 2. The summed E-state index contributed by atoms with van der Waals surface area (Å²) in [5, 5.41) is 26.1. The molecule has 252 valence electrons. The summed E-state index contributed by atoms with van der Waals surface area (Å²) in [7, 11) is 0. The second-order valence-electron chi connectivity index (χ2n) is 6.13. The lowest BCUT2D eigenvalue weighted by Crippen LogP contribution is -2.23. The number of amides is 2. The summed E-state index contributed by atoms with van der Waals surface area (Å²) in [5.41, 5.74) is 0. The lowest BCUT2D eigenvalue weighted by atomic mass is 11.1. The third-order valence-corrected chi connectivity index (χ3v) is 12.7. The van der Waals surface area contributed by atoms with Gasteiger partial charge in [-0.05, 0) is 0 Å². The highest BCUT2D eigenvalue weighted by Crippen LogP contribution is 2.14. The number of ether oxygens (including phenoxy) is 2. The van der Waals surface area contributed by atoms with Crippen molar-refractivity contribution in [2.75, 3.05) is 84.6 Å². The van der Waals surface area contributed by atoms with E-state index < -0.39 is 12.2 Å². The molecule has 0 aromatic rings. The number of carbonyl (C=O) groups is 2. The van der Waals surface area contributed by atoms with Gasteiger partial charge in [-0.25, -0.2) is 19.6 Å². The highest BCUT2D eigenvalue weighted by atomic mass is 32.2. The number of nitrogens with one attached hydrogen (secondary N) is 2. The number of thioether (sulfide) groups is 10. The minimum atomic E-state index is -0.473. The van der Waals surface area contributed by atoms with Gasteiger partial charge < -0.3 is 40.1 Å². The molecular weight excluding hydrogens is 765 g/mol. The van der Waals surface area contributed by atoms with Gasteiger partial charge in [0.25, 0.3) is 0 Å². The van der Waals surface area contributed by atoms with E-state index in [1.807, 2.05) is 0 Å². The van der Waals surface area contributed by atoms with Crippen molar-refractivity contribution in [2.45, 2.75) is 0 Å². The van der Waals surface area contributed by atoms with Gasteiger partial charge in [-0.1, -0.05) is 0 Å². The first kappa shape index (κ1) is 43.8. The van der Waals surface area contributed by atoms with Crippen molar-refractivity contribution in [3.05, 3.63) is 0 Å². The molecule has 4 N–H and O–H groups in total. The molecule has 0 bridgehead atoms. The molecule has 43 heavy (non-hydrogen) atoms. The zero-order valence-electron chi connectivity index (χ0n) is 22.9. The Morgan fingerprint density at radius 3 is 1.40 bits per heavy atom. The molecule has 0 unspecified atom stereocenters. The second-order valence-corrected chi connectivity index (χ2v) is 17.5. The summed E-state index contributed by atoms with van der Waals surface area (Å²) in [4.78, 5) is 50.6. The van der Waals surface area contributed by atoms with Gasteiger partial charge in [0.2, 0.25) is 12.8 Å². The van der Waals surface area contributed by atoms with Crippen LogP contribution < -0.4 is 10.6 Å². The standard InChI is InChI=1S/C19H36N4O10S10/c24-7-38-15-40-9-28-18(26)22-5-36-13-35-4-21-2-31-33-12-43-17-41-10-29-19(27)23-6-37-14-34-3-20-1-30-32-11-42-16-39-8-25/h1-2,24-25H,3-17H2,(H,22,26)(H,23,27)/b20-1+,21-2+. The Kier molecular flexibility index (Phi) is 39.7. The topological polar surface area (TPSA) is 179 Å². The van der Waals surface area contributed by atoms with E-state index in [9.17, 15) is 9.59 Å². The molecule has 24 heteroatoms. The molecule has 0 rings (SSSR count). The number of rotatable bonds is 32. The van der Waals surface area contributed by atoms with Gasteiger partial charge in [0.15, 0.2) is 0 Å². The summed E-state index contributed by atoms with van der Waals surface area (Å²) in [5.74, 6) is 3.16. The Bertz CT molecular complexity index is 698. The molecule has 0 aliphatic rings. The van der Waals surface area contributed by atoms with Crippen molar-refractivity contribution >= 4 is 143 Å². The van der Waals surface area contributed by atoms with Crippen LogP contribution in [0.2, 0.25) is 0 Å². The first-order valence-electron chi connectivity index (χ1n) is 11.5. The van der Waals surface area contributed by atoms with Crippen LogP contribution in [0, 0.1) is 0 Å². The fourth-order valence-electron chi connectivity index (χ4n) is 1.59. The summed E-state index contributed by atoms with van der Waals surface area (Å²) in [6.07, 6.45) is 1.54. The van der Waals surface area contributed by atoms with Gasteiger partial charge in [-0.3, -0.25) is 0 Å². The lowest BCUT2D eigenvalue weighted by molar-refractivity contribution is -0.196. The maximum atomic E-state index is 11.6. The van der Waals surface area contributed by atoms with E-state index in [1.54, 1.807) is 23.5 Å². The molecular formula is C19H36N4O10S10. The zero-order valence-corrected chi connectivity index (χ0v) is 31.1. The summed E-state index contributed by atoms with van der Waals surface area (Å²) in [6.45, 7) is 0. The fraction of sp³-hybridized carbons (Fsp3) is 0.789. The molecule has 0 heterocycles. The smallest absolute Gasteiger partial charge is 0.408 e. The van der Waals surface area contributed by atoms with Gasteiger partial charge in [-0.2, -0.15) is 9.78 Å². The van der Waals surface area contributed by atoms with Crippen molar-refractivity contribution < 1.29 is 48.8 Å². The van der Waals surface area contributed by atoms with Crippen LogP contribution in [0.1, 0.15) is 0 Å². The molecule has 0 atom stereocenters. The van der Waals surface area contributed by atoms with Gasteiger partial charge in [-0.15, -0.1) is 118 Å². The number of aliphatic hydroxyl groups excluding tert-OH is 2. The molecule has 0 saturated carbocycles. The Morgan fingerprint density at radius 1 is 0.558 bits per heavy atom. The third kappa shape index (κ3) is 38.9. The van der Waals surface area contributed by atoms with Crippen molar-refractivity contribution in [3.8, 4) is 0 Å². The maximum absolute atomic E-state index is 11.6. The predicted molar refractivity (Wildman–Crippen MR) is 194 cm³/mol. The summed E-state index contributed by atoms with van der Waals surface area (Å²) >= 11 is 14.7. The Balaban J connectivity index is 3.29. The van der Waals surface area contributed by atoms with Gasteiger partial charge in [0.1, 0.15) is 23.8 Å². The van der Waals surface area contributed by atoms with Gasteiger partial charge >= 0.3 is 12.2 Å². The molecule has 0 spiro atoms. The van der Waals surface area contributed by atoms with Crippen LogP contribution in [0.25, 0.3) is 0 Å². The average Bonchev–Trinajstić information content (AvgIpc) is 3.00. The van der Waals surface area contributed by atoms with Crippen LogP contribution in [-0.4, -0.2) is 120 Å². The molecule has 0 aromatic carbocycles. The van der Waals surface area contributed by atoms with Crippen molar-refractivity contribution in [1.29, 1.82) is 0 Å². The van der Waals surface area contributed by atoms with Crippen LogP contribution in [0.4, 0.5) is 9.59 Å². The van der Waals surface area contributed by atoms with Crippen molar-refractivity contribution in [3.63, 3.8) is 0 Å². The molecule has 2 amide bonds. The van der Waals surface area contributed by atoms with E-state index in [2.05, 4.69) is 20.6 Å². The van der Waals surface area contributed by atoms with E-state index in [1.165, 1.54) is 107 Å². The fourth-order valence-corrected chi connectivity index (χ4v) is 8.29. The van der Waals surface area contributed by atoms with E-state index in [0.717, 1.165) is 15.3 Å². The first-order valence-corrected chi connectivity index (χ1v) is 23.1. The highest BCUT2D eigenvalue weighted by molar-refractivity contribution is 8.17. The lowest BCUT2D eigenvalue weighted by Gasteiger charge is -2.06. The number of nitrogens with zero attached hydrogens (tertiary/aromatic N) is 2. The van der Waals surface area contributed by atoms with E-state index in [-0.39, 0.29) is 23.8 Å². The predicted octanol–water partition coefficient (Wildman–Crippen LogP) is 5.07. The van der Waals surface area contributed by atoms with Gasteiger partial charge in [0.05, 0.1) is 35.4 Å². The van der Waals surface area contributed by atoms with Crippen LogP contribution >= 0.6 is 118 Å². The van der Waals surface area contributed by atoms with E-state index >= 15 is 0 Å². The highest BCUT2D eigenvalue weighted by Gasteiger charge is 2.02. The molecule has 14 nitrogen and oxygen atoms in total. The van der Waals surface area contributed by atoms with Crippen molar-refractivity contribution in [2.24, 2.45) is 9.98 Å². The number of aliphatic imine (C=N–C) groups is 2. The Hall–Kier alpha value is 0.820. The van der Waals surface area contributed by atoms with Crippen molar-refractivity contribution in [1.82, 2.24) is 10.6 Å². The number of hydrogen-bond acceptors (Lipinski definition) is 22. The maximum Gasteiger partial charge on any atom is 0.408 e. The minimum absolute atomic E-state index is 0.0541. The van der Waals surface area contributed by atoms with Crippen LogP contribution in [0.15, 0.2) is 9.98 Å². The normalized spacial score (nSPS) is 11.2. The number of alkyl carbamates (subject to hydrolysis) is 2. The number of hydrogen-bond donors (Lipinski definition) is 4. The average molecular weight is 801 g/mol. The molecule has 0 saturated heterocycles. The Labute approximate surface area is 294 Å². The third-order valence-electron chi connectivity index (χ3n) is 3.17. The van der Waals surface area contributed by atoms with Crippen LogP contribution in [0.3, 0.4) is 0 Å². The quantitative estimate of drug-likeness (QED) is 0.0177. The number of aliphatic hydroxyl groups is 2. The monoisotopic (exact) mass is 800 g/mol. The first-order chi connectivity index (χ1) is 21.2. The van der Waals surface area contributed by atoms with Gasteiger partial charge in [0, 0.05) is 25.4 Å². The zero-order chi connectivity index (χ0) is 31.3. The van der Waals surface area contributed by atoms with E-state index in [0.29, 0.717) is 45.6 Å². The molecule has 0 radical (unpaired) electrons. The second kappa shape index (κ2) is 39.0. The Morgan fingerprint density at radius 2 is 0.953 bits per heavy atom.